The van der Waals surface area contributed by atoms with Crippen LogP contribution in [0.15, 0.2) is 48.5 Å². The number of nitrogens with one attached hydrogen (secondary N) is 1. The molecule has 0 spiro atoms. The summed E-state index contributed by atoms with van der Waals surface area (Å²) in [6, 6.07) is 13.3. The second-order valence-corrected chi connectivity index (χ2v) is 6.85. The van der Waals surface area contributed by atoms with Crippen molar-refractivity contribution in [2.45, 2.75) is 12.8 Å². The zero-order valence-electron chi connectivity index (χ0n) is 16.5. The van der Waals surface area contributed by atoms with E-state index in [1.807, 2.05) is 6.07 Å². The van der Waals surface area contributed by atoms with Gasteiger partial charge in [-0.2, -0.15) is 0 Å². The molecule has 0 bridgehead atoms. The summed E-state index contributed by atoms with van der Waals surface area (Å²) in [6.07, 6.45) is 1.48. The van der Waals surface area contributed by atoms with Gasteiger partial charge in [0.05, 0.1) is 25.3 Å². The Hall–Kier alpha value is -3.35. The molecule has 29 heavy (non-hydrogen) atoms. The third-order valence-electron chi connectivity index (χ3n) is 5.01. The van der Waals surface area contributed by atoms with E-state index < -0.39 is 5.97 Å². The number of benzene rings is 2. The van der Waals surface area contributed by atoms with Crippen molar-refractivity contribution in [2.24, 2.45) is 5.92 Å². The van der Waals surface area contributed by atoms with Gasteiger partial charge in [0.2, 0.25) is 0 Å². The van der Waals surface area contributed by atoms with E-state index in [9.17, 15) is 14.4 Å². The Labute approximate surface area is 169 Å². The van der Waals surface area contributed by atoms with Crippen LogP contribution in [0.1, 0.15) is 33.6 Å². The number of carbonyl (C=O) groups excluding carboxylic acids is 3. The smallest absolute Gasteiger partial charge is 0.337 e. The van der Waals surface area contributed by atoms with Gasteiger partial charge in [-0.25, -0.2) is 9.59 Å². The van der Waals surface area contributed by atoms with Crippen LogP contribution in [-0.4, -0.2) is 50.0 Å². The van der Waals surface area contributed by atoms with Gasteiger partial charge < -0.3 is 19.7 Å². The molecular weight excluding hydrogens is 372 g/mol. The van der Waals surface area contributed by atoms with Gasteiger partial charge in [-0.05, 0) is 49.2 Å². The molecule has 0 unspecified atom stereocenters. The lowest BCUT2D eigenvalue weighted by Crippen LogP contribution is -2.44. The Morgan fingerprint density at radius 1 is 1.03 bits per heavy atom. The van der Waals surface area contributed by atoms with Gasteiger partial charge >= 0.3 is 12.0 Å². The van der Waals surface area contributed by atoms with Gasteiger partial charge in [0.1, 0.15) is 5.75 Å². The van der Waals surface area contributed by atoms with Gasteiger partial charge in [0.15, 0.2) is 5.78 Å². The lowest BCUT2D eigenvalue weighted by molar-refractivity contribution is 0.0600. The highest BCUT2D eigenvalue weighted by atomic mass is 16.5. The van der Waals surface area contributed by atoms with Crippen molar-refractivity contribution in [2.75, 3.05) is 32.6 Å². The standard InChI is InChI=1S/C22H24N2O5/c1-28-19-8-4-3-7-18(19)20(25)16-6-5-13-24(14-16)22(27)23-17-11-9-15(10-12-17)21(26)29-2/h3-4,7-12,16H,5-6,13-14H2,1-2H3,(H,23,27)/t16-/m1/s1. The Balaban J connectivity index is 1.65. The molecule has 1 aliphatic heterocycles. The first-order chi connectivity index (χ1) is 14.0. The fraction of sp³-hybridized carbons (Fsp3) is 0.318. The van der Waals surface area contributed by atoms with E-state index in [2.05, 4.69) is 10.1 Å². The Bertz CT molecular complexity index is 894. The molecule has 1 aliphatic rings. The number of esters is 1. The van der Waals surface area contributed by atoms with Gasteiger partial charge in [0, 0.05) is 24.7 Å². The molecule has 3 rings (SSSR count). The maximum absolute atomic E-state index is 13.0. The number of urea groups is 1. The summed E-state index contributed by atoms with van der Waals surface area (Å²) in [7, 11) is 2.86. The summed E-state index contributed by atoms with van der Waals surface area (Å²) in [5.74, 6) is -0.170. The molecule has 0 aromatic heterocycles. The highest BCUT2D eigenvalue weighted by molar-refractivity contribution is 6.01. The van der Waals surface area contributed by atoms with E-state index in [0.29, 0.717) is 35.7 Å². The predicted octanol–water partition coefficient (Wildman–Crippen LogP) is 3.61. The second kappa shape index (κ2) is 9.23. The molecule has 0 radical (unpaired) electrons. The average Bonchev–Trinajstić information content (AvgIpc) is 2.78. The van der Waals surface area contributed by atoms with E-state index in [4.69, 9.17) is 4.74 Å². The minimum absolute atomic E-state index is 0.0117. The molecule has 1 heterocycles. The lowest BCUT2D eigenvalue weighted by atomic mass is 9.89. The summed E-state index contributed by atoms with van der Waals surface area (Å²) in [5, 5.41) is 2.82. The molecule has 2 amide bonds. The average molecular weight is 396 g/mol. The number of nitrogens with zero attached hydrogens (tertiary/aromatic N) is 1. The van der Waals surface area contributed by atoms with Crippen LogP contribution in [0.3, 0.4) is 0 Å². The maximum atomic E-state index is 13.0. The van der Waals surface area contributed by atoms with Crippen molar-refractivity contribution in [1.29, 1.82) is 0 Å². The number of hydrogen-bond donors (Lipinski definition) is 1. The lowest BCUT2D eigenvalue weighted by Gasteiger charge is -2.32. The normalized spacial score (nSPS) is 16.1. The first kappa shape index (κ1) is 20.4. The van der Waals surface area contributed by atoms with E-state index in [1.165, 1.54) is 14.2 Å². The third kappa shape index (κ3) is 4.74. The monoisotopic (exact) mass is 396 g/mol. The molecule has 7 heteroatoms. The van der Waals surface area contributed by atoms with Crippen LogP contribution in [-0.2, 0) is 4.74 Å². The van der Waals surface area contributed by atoms with Crippen molar-refractivity contribution in [1.82, 2.24) is 4.90 Å². The molecule has 0 saturated carbocycles. The van der Waals surface area contributed by atoms with Crippen LogP contribution in [0, 0.1) is 5.92 Å². The number of Topliss-reactive ketones (excluding diaryl/α,β-unsaturated/α-hetero) is 1. The number of ketones is 1. The maximum Gasteiger partial charge on any atom is 0.337 e. The van der Waals surface area contributed by atoms with Gasteiger partial charge in [-0.1, -0.05) is 12.1 Å². The van der Waals surface area contributed by atoms with Crippen molar-refractivity contribution >= 4 is 23.5 Å². The highest BCUT2D eigenvalue weighted by Gasteiger charge is 2.30. The number of para-hydroxylation sites is 1. The van der Waals surface area contributed by atoms with Gasteiger partial charge in [-0.15, -0.1) is 0 Å². The minimum Gasteiger partial charge on any atom is -0.496 e. The molecule has 1 atom stereocenters. The minimum atomic E-state index is -0.434. The summed E-state index contributed by atoms with van der Waals surface area (Å²) in [5.41, 5.74) is 1.52. The van der Waals surface area contributed by atoms with E-state index in [1.54, 1.807) is 47.4 Å². The molecule has 152 valence electrons. The Morgan fingerprint density at radius 3 is 2.45 bits per heavy atom. The molecule has 1 saturated heterocycles. The number of hydrogen-bond acceptors (Lipinski definition) is 5. The number of anilines is 1. The number of likely N-dealkylation sites (tertiary alicyclic amines) is 1. The predicted molar refractivity (Wildman–Crippen MR) is 108 cm³/mol. The van der Waals surface area contributed by atoms with E-state index in [-0.39, 0.29) is 17.7 Å². The zero-order valence-corrected chi connectivity index (χ0v) is 16.5. The highest BCUT2D eigenvalue weighted by Crippen LogP contribution is 2.26. The fourth-order valence-electron chi connectivity index (χ4n) is 3.45. The van der Waals surface area contributed by atoms with Crippen molar-refractivity contribution in [3.63, 3.8) is 0 Å². The van der Waals surface area contributed by atoms with Crippen LogP contribution in [0.4, 0.5) is 10.5 Å². The molecule has 7 nitrogen and oxygen atoms in total. The topological polar surface area (TPSA) is 84.9 Å². The third-order valence-corrected chi connectivity index (χ3v) is 5.01. The number of ether oxygens (including phenoxy) is 2. The van der Waals surface area contributed by atoms with Crippen molar-refractivity contribution < 1.29 is 23.9 Å². The van der Waals surface area contributed by atoms with Crippen LogP contribution >= 0.6 is 0 Å². The molecule has 1 fully saturated rings. The van der Waals surface area contributed by atoms with Crippen LogP contribution in [0.5, 0.6) is 5.75 Å². The molecule has 0 aliphatic carbocycles. The summed E-state index contributed by atoms with van der Waals surface area (Å²) in [4.78, 5) is 38.8. The van der Waals surface area contributed by atoms with Crippen LogP contribution in [0.2, 0.25) is 0 Å². The second-order valence-electron chi connectivity index (χ2n) is 6.85. The first-order valence-electron chi connectivity index (χ1n) is 9.45. The zero-order chi connectivity index (χ0) is 20.8. The molecular formula is C22H24N2O5. The number of methoxy groups -OCH3 is 2. The summed E-state index contributed by atoms with van der Waals surface area (Å²) < 4.78 is 9.96. The molecule has 2 aromatic rings. The van der Waals surface area contributed by atoms with E-state index >= 15 is 0 Å². The number of piperidine rings is 1. The quantitative estimate of drug-likeness (QED) is 0.616. The van der Waals surface area contributed by atoms with E-state index in [0.717, 1.165) is 12.8 Å². The van der Waals surface area contributed by atoms with Crippen LogP contribution < -0.4 is 10.1 Å². The van der Waals surface area contributed by atoms with Crippen molar-refractivity contribution in [3.05, 3.63) is 59.7 Å². The number of amides is 2. The van der Waals surface area contributed by atoms with Gasteiger partial charge in [0.25, 0.3) is 0 Å². The molecule has 1 N–H and O–H groups in total. The fourth-order valence-corrected chi connectivity index (χ4v) is 3.45. The summed E-state index contributed by atoms with van der Waals surface area (Å²) in [6.45, 7) is 0.935. The first-order valence-corrected chi connectivity index (χ1v) is 9.45. The van der Waals surface area contributed by atoms with Gasteiger partial charge in [-0.3, -0.25) is 4.79 Å². The largest absolute Gasteiger partial charge is 0.496 e. The Morgan fingerprint density at radius 2 is 1.76 bits per heavy atom. The van der Waals surface area contributed by atoms with Crippen molar-refractivity contribution in [3.8, 4) is 5.75 Å². The summed E-state index contributed by atoms with van der Waals surface area (Å²) >= 11 is 0. The Kier molecular flexibility index (Phi) is 6.49. The SMILES string of the molecule is COC(=O)c1ccc(NC(=O)N2CCC[C@@H](C(=O)c3ccccc3OC)C2)cc1. The van der Waals surface area contributed by atoms with Crippen LogP contribution in [0.25, 0.3) is 0 Å². The molecule has 2 aromatic carbocycles. The number of carbonyl (C=O) groups is 3. The number of rotatable bonds is 5.